The number of hydrogen-bond acceptors (Lipinski definition) is 3. The largest absolute Gasteiger partial charge is 0.240 e. The van der Waals surface area contributed by atoms with Gasteiger partial charge in [0.1, 0.15) is 11.9 Å². The lowest BCUT2D eigenvalue weighted by molar-refractivity contribution is 0.339. The van der Waals surface area contributed by atoms with E-state index in [0.29, 0.717) is 11.5 Å². The molecule has 1 heterocycles. The molecule has 0 radical (unpaired) electrons. The molecule has 0 amide bonds. The van der Waals surface area contributed by atoms with Gasteiger partial charge in [0.15, 0.2) is 0 Å². The summed E-state index contributed by atoms with van der Waals surface area (Å²) < 4.78 is 0. The maximum atomic E-state index is 8.64. The Labute approximate surface area is 90.2 Å². The van der Waals surface area contributed by atoms with Crippen molar-refractivity contribution in [1.29, 1.82) is 5.26 Å². The third-order valence-corrected chi connectivity index (χ3v) is 3.18. The molecular weight excluding hydrogens is 186 g/mol. The van der Waals surface area contributed by atoms with Crippen LogP contribution < -0.4 is 0 Å². The molecule has 0 atom stereocenters. The molecule has 15 heavy (non-hydrogen) atoms. The lowest BCUT2D eigenvalue weighted by Crippen LogP contribution is -2.13. The summed E-state index contributed by atoms with van der Waals surface area (Å²) >= 11 is 0. The van der Waals surface area contributed by atoms with E-state index < -0.39 is 0 Å². The SMILES string of the molecule is CC1CCC(c2ncc(C#N)cn2)CC1. The predicted molar refractivity (Wildman–Crippen MR) is 57.1 cm³/mol. The van der Waals surface area contributed by atoms with Crippen LogP contribution in [-0.4, -0.2) is 9.97 Å². The average molecular weight is 201 g/mol. The molecule has 0 unspecified atom stereocenters. The molecule has 78 valence electrons. The fraction of sp³-hybridized carbons (Fsp3) is 0.583. The smallest absolute Gasteiger partial charge is 0.131 e. The normalized spacial score (nSPS) is 25.9. The molecule has 3 heteroatoms. The van der Waals surface area contributed by atoms with Crippen LogP contribution in [0.15, 0.2) is 12.4 Å². The van der Waals surface area contributed by atoms with Crippen molar-refractivity contribution in [1.82, 2.24) is 9.97 Å². The van der Waals surface area contributed by atoms with Crippen LogP contribution in [-0.2, 0) is 0 Å². The van der Waals surface area contributed by atoms with E-state index in [0.717, 1.165) is 11.7 Å². The lowest BCUT2D eigenvalue weighted by Gasteiger charge is -2.24. The first-order valence-corrected chi connectivity index (χ1v) is 5.51. The van der Waals surface area contributed by atoms with E-state index >= 15 is 0 Å². The van der Waals surface area contributed by atoms with Crippen LogP contribution in [0.5, 0.6) is 0 Å². The van der Waals surface area contributed by atoms with Crippen LogP contribution in [0.3, 0.4) is 0 Å². The quantitative estimate of drug-likeness (QED) is 0.701. The minimum Gasteiger partial charge on any atom is -0.240 e. The summed E-state index contributed by atoms with van der Waals surface area (Å²) in [5, 5.41) is 8.64. The number of rotatable bonds is 1. The van der Waals surface area contributed by atoms with Crippen molar-refractivity contribution in [3.63, 3.8) is 0 Å². The van der Waals surface area contributed by atoms with E-state index in [9.17, 15) is 0 Å². The Balaban J connectivity index is 2.07. The van der Waals surface area contributed by atoms with E-state index in [1.54, 1.807) is 12.4 Å². The number of nitrogens with zero attached hydrogens (tertiary/aromatic N) is 3. The molecule has 0 aliphatic heterocycles. The van der Waals surface area contributed by atoms with Crippen molar-refractivity contribution in [3.8, 4) is 6.07 Å². The summed E-state index contributed by atoms with van der Waals surface area (Å²) in [6.07, 6.45) is 8.17. The van der Waals surface area contributed by atoms with Gasteiger partial charge in [0.05, 0.1) is 5.56 Å². The van der Waals surface area contributed by atoms with Crippen molar-refractivity contribution in [2.45, 2.75) is 38.5 Å². The molecular formula is C12H15N3. The molecule has 1 fully saturated rings. The molecule has 0 bridgehead atoms. The molecule has 0 spiro atoms. The lowest BCUT2D eigenvalue weighted by atomic mass is 9.82. The Kier molecular flexibility index (Phi) is 2.96. The van der Waals surface area contributed by atoms with E-state index in [-0.39, 0.29) is 0 Å². The highest BCUT2D eigenvalue weighted by molar-refractivity contribution is 5.22. The maximum absolute atomic E-state index is 8.64. The van der Waals surface area contributed by atoms with Crippen molar-refractivity contribution >= 4 is 0 Å². The second kappa shape index (κ2) is 4.39. The molecule has 1 aliphatic carbocycles. The van der Waals surface area contributed by atoms with Gasteiger partial charge in [-0.05, 0) is 18.8 Å². The van der Waals surface area contributed by atoms with E-state index in [4.69, 9.17) is 5.26 Å². The minimum atomic E-state index is 0.508. The first kappa shape index (κ1) is 10.1. The van der Waals surface area contributed by atoms with Crippen LogP contribution in [0.2, 0.25) is 0 Å². The van der Waals surface area contributed by atoms with Gasteiger partial charge in [0.2, 0.25) is 0 Å². The molecule has 1 aliphatic rings. The van der Waals surface area contributed by atoms with E-state index in [1.807, 2.05) is 6.07 Å². The van der Waals surface area contributed by atoms with Crippen LogP contribution in [0.1, 0.15) is 49.9 Å². The maximum Gasteiger partial charge on any atom is 0.131 e. The third-order valence-electron chi connectivity index (χ3n) is 3.18. The summed E-state index contributed by atoms with van der Waals surface area (Å²) in [6.45, 7) is 2.30. The van der Waals surface area contributed by atoms with Gasteiger partial charge in [-0.1, -0.05) is 19.8 Å². The molecule has 3 nitrogen and oxygen atoms in total. The Bertz CT molecular complexity index is 355. The fourth-order valence-electron chi connectivity index (χ4n) is 2.12. The highest BCUT2D eigenvalue weighted by atomic mass is 14.9. The summed E-state index contributed by atoms with van der Waals surface area (Å²) in [5.41, 5.74) is 0.544. The molecule has 0 N–H and O–H groups in total. The Hall–Kier alpha value is -1.43. The molecule has 2 rings (SSSR count). The second-order valence-corrected chi connectivity index (χ2v) is 4.40. The summed E-state index contributed by atoms with van der Waals surface area (Å²) in [4.78, 5) is 8.53. The molecule has 0 saturated heterocycles. The Morgan fingerprint density at radius 2 is 1.80 bits per heavy atom. The zero-order valence-corrected chi connectivity index (χ0v) is 8.98. The van der Waals surface area contributed by atoms with Crippen molar-refractivity contribution in [3.05, 3.63) is 23.8 Å². The van der Waals surface area contributed by atoms with E-state index in [1.165, 1.54) is 25.7 Å². The summed E-state index contributed by atoms with van der Waals surface area (Å²) in [6, 6.07) is 2.04. The summed E-state index contributed by atoms with van der Waals surface area (Å²) in [5.74, 6) is 2.27. The molecule has 1 aromatic rings. The minimum absolute atomic E-state index is 0.508. The molecule has 0 aromatic carbocycles. The monoisotopic (exact) mass is 201 g/mol. The zero-order chi connectivity index (χ0) is 10.7. The van der Waals surface area contributed by atoms with Crippen LogP contribution in [0.4, 0.5) is 0 Å². The van der Waals surface area contributed by atoms with Crippen molar-refractivity contribution < 1.29 is 0 Å². The van der Waals surface area contributed by atoms with Gasteiger partial charge < -0.3 is 0 Å². The van der Waals surface area contributed by atoms with Crippen LogP contribution in [0.25, 0.3) is 0 Å². The second-order valence-electron chi connectivity index (χ2n) is 4.40. The van der Waals surface area contributed by atoms with Gasteiger partial charge in [-0.3, -0.25) is 0 Å². The van der Waals surface area contributed by atoms with Gasteiger partial charge in [-0.15, -0.1) is 0 Å². The number of hydrogen-bond donors (Lipinski definition) is 0. The van der Waals surface area contributed by atoms with Gasteiger partial charge in [-0.2, -0.15) is 5.26 Å². The van der Waals surface area contributed by atoms with Gasteiger partial charge in [0, 0.05) is 18.3 Å². The fourth-order valence-corrected chi connectivity index (χ4v) is 2.12. The van der Waals surface area contributed by atoms with Crippen LogP contribution >= 0.6 is 0 Å². The van der Waals surface area contributed by atoms with Gasteiger partial charge in [-0.25, -0.2) is 9.97 Å². The summed E-state index contributed by atoms with van der Waals surface area (Å²) in [7, 11) is 0. The van der Waals surface area contributed by atoms with Crippen molar-refractivity contribution in [2.24, 2.45) is 5.92 Å². The standard InChI is InChI=1S/C12H15N3/c1-9-2-4-11(5-3-9)12-14-7-10(6-13)8-15-12/h7-9,11H,2-5H2,1H3. The van der Waals surface area contributed by atoms with E-state index in [2.05, 4.69) is 16.9 Å². The molecule has 1 saturated carbocycles. The first-order chi connectivity index (χ1) is 7.29. The van der Waals surface area contributed by atoms with Gasteiger partial charge >= 0.3 is 0 Å². The Morgan fingerprint density at radius 3 is 2.33 bits per heavy atom. The Morgan fingerprint density at radius 1 is 1.20 bits per heavy atom. The highest BCUT2D eigenvalue weighted by Gasteiger charge is 2.21. The van der Waals surface area contributed by atoms with Crippen molar-refractivity contribution in [2.75, 3.05) is 0 Å². The topological polar surface area (TPSA) is 49.6 Å². The number of aromatic nitrogens is 2. The number of nitriles is 1. The first-order valence-electron chi connectivity index (χ1n) is 5.51. The average Bonchev–Trinajstić information content (AvgIpc) is 2.30. The van der Waals surface area contributed by atoms with Gasteiger partial charge in [0.25, 0.3) is 0 Å². The third kappa shape index (κ3) is 2.33. The zero-order valence-electron chi connectivity index (χ0n) is 8.98. The van der Waals surface area contributed by atoms with Crippen LogP contribution in [0, 0.1) is 17.2 Å². The predicted octanol–water partition coefficient (Wildman–Crippen LogP) is 2.64. The highest BCUT2D eigenvalue weighted by Crippen LogP contribution is 2.33. The molecule has 1 aromatic heterocycles.